The van der Waals surface area contributed by atoms with Crippen molar-refractivity contribution in [3.63, 3.8) is 0 Å². The summed E-state index contributed by atoms with van der Waals surface area (Å²) in [6.07, 6.45) is 15.6. The quantitative estimate of drug-likeness (QED) is 0.470. The van der Waals surface area contributed by atoms with E-state index in [9.17, 15) is 5.11 Å². The van der Waals surface area contributed by atoms with Crippen molar-refractivity contribution < 1.29 is 5.11 Å². The van der Waals surface area contributed by atoms with Gasteiger partial charge in [0, 0.05) is 0 Å². The van der Waals surface area contributed by atoms with E-state index in [4.69, 9.17) is 0 Å². The maximum Gasteiger partial charge on any atom is 0.0577 e. The molecule has 0 spiro atoms. The van der Waals surface area contributed by atoms with E-state index in [2.05, 4.69) is 47.6 Å². The molecule has 0 amide bonds. The molecule has 1 nitrogen and oxygen atoms in total. The Kier molecular flexibility index (Phi) is 6.04. The highest BCUT2D eigenvalue weighted by atomic mass is 16.3. The number of aliphatic hydroxyl groups excluding tert-OH is 1. The topological polar surface area (TPSA) is 20.2 Å². The summed E-state index contributed by atoms with van der Waals surface area (Å²) < 4.78 is 0. The summed E-state index contributed by atoms with van der Waals surface area (Å²) in [4.78, 5) is 0. The fourth-order valence-corrected chi connectivity index (χ4v) is 8.80. The van der Waals surface area contributed by atoms with Crippen LogP contribution in [0.15, 0.2) is 11.6 Å². The van der Waals surface area contributed by atoms with Crippen LogP contribution in [-0.4, -0.2) is 11.2 Å². The highest BCUT2D eigenvalue weighted by Gasteiger charge is 2.59. The third-order valence-corrected chi connectivity index (χ3v) is 10.9. The maximum absolute atomic E-state index is 10.2. The van der Waals surface area contributed by atoms with Gasteiger partial charge in [-0.25, -0.2) is 0 Å². The summed E-state index contributed by atoms with van der Waals surface area (Å²) in [5.41, 5.74) is 2.58. The second-order valence-corrected chi connectivity index (χ2v) is 12.7. The van der Waals surface area contributed by atoms with Crippen molar-refractivity contribution in [2.75, 3.05) is 0 Å². The fourth-order valence-electron chi connectivity index (χ4n) is 8.80. The molecular formula is C28H48O. The van der Waals surface area contributed by atoms with Crippen LogP contribution in [0.4, 0.5) is 0 Å². The number of rotatable bonds is 5. The molecule has 1 N–H and O–H groups in total. The van der Waals surface area contributed by atoms with Gasteiger partial charge in [-0.2, -0.15) is 0 Å². The zero-order valence-corrected chi connectivity index (χ0v) is 20.2. The van der Waals surface area contributed by atoms with Crippen molar-refractivity contribution in [3.05, 3.63) is 11.6 Å². The van der Waals surface area contributed by atoms with E-state index in [-0.39, 0.29) is 6.10 Å². The number of hydrogen-bond acceptors (Lipinski definition) is 1. The predicted molar refractivity (Wildman–Crippen MR) is 124 cm³/mol. The maximum atomic E-state index is 10.2. The van der Waals surface area contributed by atoms with Gasteiger partial charge >= 0.3 is 0 Å². The first kappa shape index (κ1) is 21.9. The highest BCUT2D eigenvalue weighted by Crippen LogP contribution is 2.67. The molecule has 0 aromatic rings. The molecule has 0 bridgehead atoms. The lowest BCUT2D eigenvalue weighted by atomic mass is 9.46. The Bertz CT molecular complexity index is 620. The van der Waals surface area contributed by atoms with Gasteiger partial charge in [0.05, 0.1) is 6.10 Å². The Labute approximate surface area is 181 Å². The molecule has 166 valence electrons. The molecule has 4 aliphatic rings. The summed E-state index contributed by atoms with van der Waals surface area (Å²) in [7, 11) is 0. The molecule has 4 rings (SSSR count). The molecular weight excluding hydrogens is 352 g/mol. The number of fused-ring (bicyclic) bond motifs is 5. The third-order valence-electron chi connectivity index (χ3n) is 10.9. The van der Waals surface area contributed by atoms with E-state index < -0.39 is 0 Å². The van der Waals surface area contributed by atoms with Crippen molar-refractivity contribution >= 4 is 0 Å². The minimum Gasteiger partial charge on any atom is -0.393 e. The summed E-state index contributed by atoms with van der Waals surface area (Å²) in [6.45, 7) is 15.1. The molecule has 9 atom stereocenters. The van der Waals surface area contributed by atoms with Crippen LogP contribution in [-0.2, 0) is 0 Å². The largest absolute Gasteiger partial charge is 0.393 e. The molecule has 0 radical (unpaired) electrons. The smallest absolute Gasteiger partial charge is 0.0577 e. The lowest BCUT2D eigenvalue weighted by molar-refractivity contribution is -0.0604. The van der Waals surface area contributed by atoms with Gasteiger partial charge in [-0.3, -0.25) is 0 Å². The first-order chi connectivity index (χ1) is 13.7. The number of hydrogen-bond donors (Lipinski definition) is 1. The van der Waals surface area contributed by atoms with E-state index in [1.807, 2.05) is 0 Å². The molecule has 4 aliphatic carbocycles. The molecule has 1 heteroatoms. The normalized spacial score (nSPS) is 46.5. The van der Waals surface area contributed by atoms with Crippen LogP contribution in [0.2, 0.25) is 0 Å². The van der Waals surface area contributed by atoms with Gasteiger partial charge in [0.2, 0.25) is 0 Å². The van der Waals surface area contributed by atoms with Crippen molar-refractivity contribution in [3.8, 4) is 0 Å². The Hall–Kier alpha value is -0.300. The molecule has 3 saturated carbocycles. The molecule has 3 fully saturated rings. The lowest BCUT2D eigenvalue weighted by Gasteiger charge is -2.58. The van der Waals surface area contributed by atoms with E-state index >= 15 is 0 Å². The average molecular weight is 401 g/mol. The van der Waals surface area contributed by atoms with Gasteiger partial charge in [0.15, 0.2) is 0 Å². The van der Waals surface area contributed by atoms with Gasteiger partial charge in [0.25, 0.3) is 0 Å². The molecule has 0 saturated heterocycles. The van der Waals surface area contributed by atoms with Gasteiger partial charge in [0.1, 0.15) is 0 Å². The number of allylic oxidation sites excluding steroid dienone is 1. The van der Waals surface area contributed by atoms with Crippen LogP contribution >= 0.6 is 0 Å². The summed E-state index contributed by atoms with van der Waals surface area (Å²) in [6, 6.07) is 0. The second-order valence-electron chi connectivity index (χ2n) is 12.7. The SMILES string of the molecule is CC(C)CCC(C)[C@@H](C)[C@H]1CC[C@H]2[C@@H]3CC=C4C[C@@H](O)CC[C@]4(C)[C@H]3CC[C@]12C. The van der Waals surface area contributed by atoms with Crippen molar-refractivity contribution in [1.29, 1.82) is 0 Å². The Morgan fingerprint density at radius 1 is 0.966 bits per heavy atom. The summed E-state index contributed by atoms with van der Waals surface area (Å²) in [5.74, 6) is 6.22. The molecule has 0 aromatic carbocycles. The van der Waals surface area contributed by atoms with Gasteiger partial charge < -0.3 is 5.11 Å². The minimum atomic E-state index is -0.0798. The third kappa shape index (κ3) is 3.66. The molecule has 1 unspecified atom stereocenters. The van der Waals surface area contributed by atoms with Crippen molar-refractivity contribution in [2.45, 2.75) is 112 Å². The molecule has 0 heterocycles. The summed E-state index contributed by atoms with van der Waals surface area (Å²) in [5, 5.41) is 10.2. The van der Waals surface area contributed by atoms with Crippen LogP contribution < -0.4 is 0 Å². The van der Waals surface area contributed by atoms with Gasteiger partial charge in [-0.1, -0.05) is 66.0 Å². The molecule has 29 heavy (non-hydrogen) atoms. The van der Waals surface area contributed by atoms with Crippen LogP contribution in [0.3, 0.4) is 0 Å². The molecule has 0 aromatic heterocycles. The van der Waals surface area contributed by atoms with Crippen molar-refractivity contribution in [1.82, 2.24) is 0 Å². The first-order valence-corrected chi connectivity index (χ1v) is 13.0. The average Bonchev–Trinajstić information content (AvgIpc) is 3.03. The Morgan fingerprint density at radius 2 is 1.72 bits per heavy atom. The van der Waals surface area contributed by atoms with E-state index in [0.29, 0.717) is 10.8 Å². The summed E-state index contributed by atoms with van der Waals surface area (Å²) >= 11 is 0. The first-order valence-electron chi connectivity index (χ1n) is 13.0. The Balaban J connectivity index is 1.51. The zero-order valence-electron chi connectivity index (χ0n) is 20.2. The Morgan fingerprint density at radius 3 is 2.45 bits per heavy atom. The van der Waals surface area contributed by atoms with Crippen LogP contribution in [0, 0.1) is 52.3 Å². The zero-order chi connectivity index (χ0) is 21.0. The monoisotopic (exact) mass is 400 g/mol. The van der Waals surface area contributed by atoms with Gasteiger partial charge in [-0.15, -0.1) is 0 Å². The van der Waals surface area contributed by atoms with Crippen LogP contribution in [0.5, 0.6) is 0 Å². The van der Waals surface area contributed by atoms with Crippen molar-refractivity contribution in [2.24, 2.45) is 52.3 Å². The van der Waals surface area contributed by atoms with Crippen LogP contribution in [0.25, 0.3) is 0 Å². The lowest BCUT2D eigenvalue weighted by Crippen LogP contribution is -2.51. The molecule has 0 aliphatic heterocycles. The second kappa shape index (κ2) is 7.99. The van der Waals surface area contributed by atoms with Gasteiger partial charge in [-0.05, 0) is 104 Å². The van der Waals surface area contributed by atoms with E-state index in [0.717, 1.165) is 54.3 Å². The minimum absolute atomic E-state index is 0.0798. The van der Waals surface area contributed by atoms with Crippen LogP contribution in [0.1, 0.15) is 106 Å². The standard InChI is InChI=1S/C28H48O/c1-18(2)7-8-19(3)20(4)24-11-12-25-23-10-9-21-17-22(29)13-15-27(21,5)26(23)14-16-28(24,25)6/h9,18-20,22-26,29H,7-8,10-17H2,1-6H3/t19?,20-,22+,23+,24-,25+,26+,27+,28-/m1/s1. The fraction of sp³-hybridized carbons (Fsp3) is 0.929. The number of aliphatic hydroxyl groups is 1. The van der Waals surface area contributed by atoms with E-state index in [1.165, 1.54) is 51.4 Å². The van der Waals surface area contributed by atoms with E-state index in [1.54, 1.807) is 5.57 Å². The highest BCUT2D eigenvalue weighted by molar-refractivity contribution is 5.25. The predicted octanol–water partition coefficient (Wildman–Crippen LogP) is 7.63.